The van der Waals surface area contributed by atoms with E-state index in [1.807, 2.05) is 0 Å². The summed E-state index contributed by atoms with van der Waals surface area (Å²) in [6.07, 6.45) is 3.70. The Morgan fingerprint density at radius 3 is 3.06 bits per heavy atom. The average molecular weight is 238 g/mol. The van der Waals surface area contributed by atoms with Gasteiger partial charge < -0.3 is 9.26 Å². The van der Waals surface area contributed by atoms with E-state index in [9.17, 15) is 4.79 Å². The quantitative estimate of drug-likeness (QED) is 0.768. The third kappa shape index (κ3) is 2.23. The number of carbonyl (C=O) groups is 1. The molecule has 0 aliphatic carbocycles. The minimum Gasteiger partial charge on any atom is -0.488 e. The van der Waals surface area contributed by atoms with Gasteiger partial charge in [-0.2, -0.15) is 0 Å². The monoisotopic (exact) mass is 237 g/mol. The van der Waals surface area contributed by atoms with Crippen LogP contribution in [0.25, 0.3) is 0 Å². The lowest BCUT2D eigenvalue weighted by atomic mass is 10.2. The molecule has 0 saturated heterocycles. The molecule has 4 nitrogen and oxygen atoms in total. The molecule has 0 spiro atoms. The molecule has 0 fully saturated rings. The van der Waals surface area contributed by atoms with Gasteiger partial charge in [-0.05, 0) is 12.1 Å². The van der Waals surface area contributed by atoms with Crippen molar-refractivity contribution < 1.29 is 14.1 Å². The molecule has 16 heavy (non-hydrogen) atoms. The van der Waals surface area contributed by atoms with Gasteiger partial charge in [0, 0.05) is 5.56 Å². The van der Waals surface area contributed by atoms with Gasteiger partial charge in [-0.1, -0.05) is 22.8 Å². The number of aldehydes is 1. The molecule has 0 saturated carbocycles. The third-order valence-corrected chi connectivity index (χ3v) is 2.34. The van der Waals surface area contributed by atoms with E-state index in [0.717, 1.165) is 5.56 Å². The fraction of sp³-hybridized carbons (Fsp3) is 0.0909. The molecule has 0 unspecified atom stereocenters. The summed E-state index contributed by atoms with van der Waals surface area (Å²) in [6.45, 7) is 0.282. The first-order valence-corrected chi connectivity index (χ1v) is 4.94. The molecular weight excluding hydrogens is 230 g/mol. The molecule has 1 aromatic heterocycles. The molecule has 5 heteroatoms. The summed E-state index contributed by atoms with van der Waals surface area (Å²) in [7, 11) is 0. The fourth-order valence-corrected chi connectivity index (χ4v) is 1.43. The number of hydrogen-bond acceptors (Lipinski definition) is 4. The second-order valence-electron chi connectivity index (χ2n) is 3.09. The van der Waals surface area contributed by atoms with E-state index in [2.05, 4.69) is 9.68 Å². The van der Waals surface area contributed by atoms with Crippen LogP contribution in [0.1, 0.15) is 15.9 Å². The lowest BCUT2D eigenvalue weighted by Gasteiger charge is -2.07. The summed E-state index contributed by atoms with van der Waals surface area (Å²) in [4.78, 5) is 10.8. The molecule has 0 aliphatic heterocycles. The van der Waals surface area contributed by atoms with Gasteiger partial charge in [0.1, 0.15) is 18.6 Å². The van der Waals surface area contributed by atoms with E-state index in [4.69, 9.17) is 16.3 Å². The maximum absolute atomic E-state index is 10.8. The topological polar surface area (TPSA) is 52.3 Å². The summed E-state index contributed by atoms with van der Waals surface area (Å²) in [5.74, 6) is 0.448. The van der Waals surface area contributed by atoms with Gasteiger partial charge in [-0.15, -0.1) is 0 Å². The largest absolute Gasteiger partial charge is 0.488 e. The maximum atomic E-state index is 10.8. The Balaban J connectivity index is 2.15. The van der Waals surface area contributed by atoms with E-state index in [1.165, 1.54) is 6.26 Å². The number of carbonyl (C=O) groups excluding carboxylic acids is 1. The van der Waals surface area contributed by atoms with Crippen LogP contribution in [0.2, 0.25) is 5.02 Å². The van der Waals surface area contributed by atoms with Crippen LogP contribution in [-0.4, -0.2) is 11.4 Å². The van der Waals surface area contributed by atoms with Gasteiger partial charge >= 0.3 is 0 Å². The van der Waals surface area contributed by atoms with E-state index < -0.39 is 0 Å². The minimum atomic E-state index is 0.282. The van der Waals surface area contributed by atoms with Crippen LogP contribution >= 0.6 is 11.6 Å². The van der Waals surface area contributed by atoms with Gasteiger partial charge in [-0.3, -0.25) is 4.79 Å². The molecule has 82 valence electrons. The average Bonchev–Trinajstić information content (AvgIpc) is 2.79. The molecular formula is C11H8ClNO3. The van der Waals surface area contributed by atoms with E-state index in [1.54, 1.807) is 24.4 Å². The predicted octanol–water partition coefficient (Wildman–Crippen LogP) is 2.72. The zero-order chi connectivity index (χ0) is 11.4. The lowest BCUT2D eigenvalue weighted by Crippen LogP contribution is -1.97. The molecule has 0 amide bonds. The number of benzene rings is 1. The number of aromatic nitrogens is 1. The summed E-state index contributed by atoms with van der Waals surface area (Å²) >= 11 is 5.85. The first kappa shape index (κ1) is 10.7. The van der Waals surface area contributed by atoms with Crippen molar-refractivity contribution in [2.45, 2.75) is 6.61 Å². The van der Waals surface area contributed by atoms with Gasteiger partial charge in [0.2, 0.25) is 0 Å². The van der Waals surface area contributed by atoms with Gasteiger partial charge in [0.05, 0.1) is 16.8 Å². The molecule has 2 aromatic rings. The number of nitrogens with zero attached hydrogens (tertiary/aromatic N) is 1. The molecule has 2 rings (SSSR count). The van der Waals surface area contributed by atoms with Crippen molar-refractivity contribution in [2.24, 2.45) is 0 Å². The van der Waals surface area contributed by atoms with E-state index in [0.29, 0.717) is 22.6 Å². The van der Waals surface area contributed by atoms with Crippen molar-refractivity contribution in [1.82, 2.24) is 5.16 Å². The lowest BCUT2D eigenvalue weighted by molar-refractivity contribution is 0.111. The van der Waals surface area contributed by atoms with Crippen LogP contribution in [0.15, 0.2) is 35.2 Å². The molecule has 1 aromatic carbocycles. The normalized spacial score (nSPS) is 10.1. The van der Waals surface area contributed by atoms with Crippen molar-refractivity contribution >= 4 is 17.9 Å². The van der Waals surface area contributed by atoms with Gasteiger partial charge in [-0.25, -0.2) is 0 Å². The van der Waals surface area contributed by atoms with Crippen LogP contribution in [-0.2, 0) is 6.61 Å². The van der Waals surface area contributed by atoms with Crippen molar-refractivity contribution in [2.75, 3.05) is 0 Å². The van der Waals surface area contributed by atoms with Gasteiger partial charge in [0.15, 0.2) is 6.29 Å². The van der Waals surface area contributed by atoms with Crippen LogP contribution in [0.4, 0.5) is 0 Å². The van der Waals surface area contributed by atoms with Gasteiger partial charge in [0.25, 0.3) is 0 Å². The highest BCUT2D eigenvalue weighted by Gasteiger charge is 2.07. The zero-order valence-electron chi connectivity index (χ0n) is 8.22. The first-order valence-electron chi connectivity index (χ1n) is 4.56. The number of ether oxygens (including phenoxy) is 1. The summed E-state index contributed by atoms with van der Waals surface area (Å²) < 4.78 is 10.1. The second kappa shape index (κ2) is 4.81. The number of halogens is 1. The second-order valence-corrected chi connectivity index (χ2v) is 3.50. The Morgan fingerprint density at radius 2 is 2.38 bits per heavy atom. The van der Waals surface area contributed by atoms with E-state index >= 15 is 0 Å². The molecule has 1 heterocycles. The van der Waals surface area contributed by atoms with Crippen molar-refractivity contribution in [3.05, 3.63) is 46.8 Å². The van der Waals surface area contributed by atoms with Crippen molar-refractivity contribution in [3.8, 4) is 5.75 Å². The fourth-order valence-electron chi connectivity index (χ4n) is 1.22. The molecule has 0 bridgehead atoms. The SMILES string of the molecule is O=Cc1c(Cl)cccc1OCc1cnoc1. The summed E-state index contributed by atoms with van der Waals surface area (Å²) in [5.41, 5.74) is 1.14. The highest BCUT2D eigenvalue weighted by Crippen LogP contribution is 2.25. The molecule has 0 radical (unpaired) electrons. The Hall–Kier alpha value is -1.81. The highest BCUT2D eigenvalue weighted by atomic mass is 35.5. The van der Waals surface area contributed by atoms with Crippen LogP contribution in [0.3, 0.4) is 0 Å². The predicted molar refractivity (Wildman–Crippen MR) is 57.7 cm³/mol. The third-order valence-electron chi connectivity index (χ3n) is 2.01. The molecule has 0 atom stereocenters. The smallest absolute Gasteiger partial charge is 0.155 e. The van der Waals surface area contributed by atoms with Crippen LogP contribution in [0.5, 0.6) is 5.75 Å². The van der Waals surface area contributed by atoms with Crippen LogP contribution < -0.4 is 4.74 Å². The number of rotatable bonds is 4. The Kier molecular flexibility index (Phi) is 3.22. The summed E-state index contributed by atoms with van der Waals surface area (Å²) in [6, 6.07) is 5.04. The van der Waals surface area contributed by atoms with E-state index in [-0.39, 0.29) is 6.61 Å². The Morgan fingerprint density at radius 1 is 1.50 bits per heavy atom. The van der Waals surface area contributed by atoms with Crippen molar-refractivity contribution in [1.29, 1.82) is 0 Å². The Labute approximate surface area is 96.8 Å². The Bertz CT molecular complexity index is 482. The maximum Gasteiger partial charge on any atom is 0.155 e. The standard InChI is InChI=1S/C11H8ClNO3/c12-10-2-1-3-11(9(10)5-14)15-6-8-4-13-16-7-8/h1-5,7H,6H2. The zero-order valence-corrected chi connectivity index (χ0v) is 8.98. The highest BCUT2D eigenvalue weighted by molar-refractivity contribution is 6.33. The molecule has 0 N–H and O–H groups in total. The molecule has 0 aliphatic rings. The summed E-state index contributed by atoms with van der Waals surface area (Å²) in [5, 5.41) is 3.92. The van der Waals surface area contributed by atoms with Crippen molar-refractivity contribution in [3.63, 3.8) is 0 Å². The first-order chi connectivity index (χ1) is 7.81. The minimum absolute atomic E-state index is 0.282. The number of hydrogen-bond donors (Lipinski definition) is 0. The van der Waals surface area contributed by atoms with Crippen LogP contribution in [0, 0.1) is 0 Å².